The highest BCUT2D eigenvalue weighted by molar-refractivity contribution is 5.64. The van der Waals surface area contributed by atoms with Gasteiger partial charge in [0.15, 0.2) is 5.75 Å². The Kier molecular flexibility index (Phi) is 7.69. The molecule has 1 aliphatic rings. The highest BCUT2D eigenvalue weighted by Gasteiger charge is 2.10. The number of aliphatic imine (C=N–C) groups is 1. The number of pyridine rings is 1. The third-order valence-electron chi connectivity index (χ3n) is 2.82. The summed E-state index contributed by atoms with van der Waals surface area (Å²) in [6.07, 6.45) is 7.03. The molecule has 0 spiro atoms. The number of hydrogen-bond donors (Lipinski definition) is 3. The van der Waals surface area contributed by atoms with Crippen molar-refractivity contribution in [3.05, 3.63) is 18.5 Å². The van der Waals surface area contributed by atoms with E-state index < -0.39 is 6.09 Å². The summed E-state index contributed by atoms with van der Waals surface area (Å²) in [6, 6.07) is 1.65. The molecule has 0 unspecified atom stereocenters. The first-order valence-corrected chi connectivity index (χ1v) is 7.07. The molecule has 1 aromatic heterocycles. The minimum absolute atomic E-state index is 0.0931. The Labute approximate surface area is 130 Å². The van der Waals surface area contributed by atoms with Crippen LogP contribution < -0.4 is 5.43 Å². The Morgan fingerprint density at radius 2 is 2.09 bits per heavy atom. The first-order valence-electron chi connectivity index (χ1n) is 7.07. The van der Waals surface area contributed by atoms with Crippen molar-refractivity contribution in [3.8, 4) is 5.75 Å². The minimum atomic E-state index is -0.957. The van der Waals surface area contributed by atoms with Crippen LogP contribution in [-0.2, 0) is 0 Å². The summed E-state index contributed by atoms with van der Waals surface area (Å²) in [5.41, 5.74) is 2.86. The van der Waals surface area contributed by atoms with Crippen LogP contribution in [0.4, 0.5) is 10.5 Å². The van der Waals surface area contributed by atoms with Crippen LogP contribution in [0.5, 0.6) is 5.75 Å². The fourth-order valence-electron chi connectivity index (χ4n) is 1.81. The molecular weight excluding hydrogens is 286 g/mol. The van der Waals surface area contributed by atoms with Gasteiger partial charge in [0.05, 0.1) is 12.5 Å². The Bertz CT molecular complexity index is 487. The molecule has 0 radical (unpaired) electrons. The van der Waals surface area contributed by atoms with E-state index in [9.17, 15) is 9.90 Å². The molecule has 1 saturated heterocycles. The lowest BCUT2D eigenvalue weighted by Crippen LogP contribution is -2.44. The van der Waals surface area contributed by atoms with E-state index >= 15 is 0 Å². The summed E-state index contributed by atoms with van der Waals surface area (Å²) in [7, 11) is 3.73. The van der Waals surface area contributed by atoms with Crippen LogP contribution in [0, 0.1) is 0 Å². The number of aromatic hydroxyl groups is 1. The molecule has 2 heterocycles. The normalized spacial score (nSPS) is 15.0. The Morgan fingerprint density at radius 1 is 1.41 bits per heavy atom. The molecule has 22 heavy (non-hydrogen) atoms. The summed E-state index contributed by atoms with van der Waals surface area (Å²) in [5, 5.41) is 19.3. The number of nitrogens with one attached hydrogen (secondary N) is 1. The van der Waals surface area contributed by atoms with Gasteiger partial charge in [0.25, 0.3) is 0 Å². The number of piperidine rings is 1. The van der Waals surface area contributed by atoms with Crippen LogP contribution in [0.25, 0.3) is 0 Å². The van der Waals surface area contributed by atoms with E-state index in [1.807, 2.05) is 14.1 Å². The number of hydrogen-bond acceptors (Lipinski definition) is 5. The zero-order valence-corrected chi connectivity index (χ0v) is 12.9. The van der Waals surface area contributed by atoms with Crippen molar-refractivity contribution >= 4 is 18.1 Å². The monoisotopic (exact) mass is 309 g/mol. The average molecular weight is 309 g/mol. The number of aromatic nitrogens is 1. The Morgan fingerprint density at radius 3 is 2.64 bits per heavy atom. The molecule has 0 saturated carbocycles. The maximum Gasteiger partial charge on any atom is 0.419 e. The molecule has 0 bridgehead atoms. The van der Waals surface area contributed by atoms with Crippen LogP contribution >= 0.6 is 0 Å². The number of rotatable bonds is 3. The summed E-state index contributed by atoms with van der Waals surface area (Å²) < 4.78 is 0. The van der Waals surface area contributed by atoms with Gasteiger partial charge in [-0.25, -0.2) is 14.8 Å². The van der Waals surface area contributed by atoms with Crippen molar-refractivity contribution in [3.63, 3.8) is 0 Å². The Hall–Kier alpha value is -2.35. The molecule has 1 aromatic rings. The second kappa shape index (κ2) is 9.56. The molecule has 1 amide bonds. The molecule has 3 N–H and O–H groups in total. The van der Waals surface area contributed by atoms with Gasteiger partial charge in [-0.3, -0.25) is 10.4 Å². The van der Waals surface area contributed by atoms with Gasteiger partial charge in [-0.15, -0.1) is 0 Å². The van der Waals surface area contributed by atoms with Gasteiger partial charge in [-0.2, -0.15) is 0 Å². The second-order valence-corrected chi connectivity index (χ2v) is 5.04. The van der Waals surface area contributed by atoms with Crippen molar-refractivity contribution < 1.29 is 15.0 Å². The predicted molar refractivity (Wildman–Crippen MR) is 84.3 cm³/mol. The van der Waals surface area contributed by atoms with E-state index in [2.05, 4.69) is 15.4 Å². The third-order valence-corrected chi connectivity index (χ3v) is 2.82. The van der Waals surface area contributed by atoms with Crippen LogP contribution in [0.1, 0.15) is 19.3 Å². The highest BCUT2D eigenvalue weighted by Crippen LogP contribution is 2.22. The molecule has 122 valence electrons. The van der Waals surface area contributed by atoms with E-state index in [1.54, 1.807) is 28.5 Å². The number of carbonyl (C=O) groups is 1. The van der Waals surface area contributed by atoms with Gasteiger partial charge in [-0.05, 0) is 18.9 Å². The van der Waals surface area contributed by atoms with E-state index in [1.165, 1.54) is 12.6 Å². The van der Waals surface area contributed by atoms with Crippen LogP contribution in [0.2, 0.25) is 0 Å². The fourth-order valence-corrected chi connectivity index (χ4v) is 1.81. The molecule has 1 fully saturated rings. The lowest BCUT2D eigenvalue weighted by molar-refractivity contribution is 0.124. The summed E-state index contributed by atoms with van der Waals surface area (Å²) >= 11 is 0. The first-order chi connectivity index (χ1) is 10.5. The van der Waals surface area contributed by atoms with E-state index in [0.29, 0.717) is 5.69 Å². The molecule has 0 aliphatic carbocycles. The maximum atomic E-state index is 10.1. The molecule has 8 nitrogen and oxygen atoms in total. The zero-order chi connectivity index (χ0) is 16.4. The van der Waals surface area contributed by atoms with Crippen LogP contribution in [-0.4, -0.2) is 64.7 Å². The van der Waals surface area contributed by atoms with E-state index in [-0.39, 0.29) is 5.75 Å². The smallest absolute Gasteiger partial charge is 0.419 e. The molecule has 1 aliphatic heterocycles. The SMILES string of the molecule is CN(C)C=Nc1ccncc1O.O=C(O)NN1CCCCC1. The third kappa shape index (κ3) is 7.44. The van der Waals surface area contributed by atoms with Gasteiger partial charge in [0.2, 0.25) is 0 Å². The summed E-state index contributed by atoms with van der Waals surface area (Å²) in [4.78, 5) is 19.7. The van der Waals surface area contributed by atoms with Crippen LogP contribution in [0.3, 0.4) is 0 Å². The fraction of sp³-hybridized carbons (Fsp3) is 0.500. The van der Waals surface area contributed by atoms with E-state index in [0.717, 1.165) is 25.9 Å². The van der Waals surface area contributed by atoms with Crippen molar-refractivity contribution in [1.29, 1.82) is 0 Å². The lowest BCUT2D eigenvalue weighted by atomic mass is 10.2. The standard InChI is InChI=1S/C8H11N3O.C6H12N2O2/c1-11(2)6-10-7-3-4-9-5-8(7)12;9-6(10)7-8-4-2-1-3-5-8/h3-6,12H,1-2H3;7H,1-5H2,(H,9,10). The van der Waals surface area contributed by atoms with Crippen molar-refractivity contribution in [2.24, 2.45) is 4.99 Å². The molecular formula is C14H23N5O3. The second-order valence-electron chi connectivity index (χ2n) is 5.04. The van der Waals surface area contributed by atoms with Gasteiger partial charge in [-0.1, -0.05) is 6.42 Å². The first kappa shape index (κ1) is 17.7. The number of hydrazine groups is 1. The highest BCUT2D eigenvalue weighted by atomic mass is 16.4. The van der Waals surface area contributed by atoms with Gasteiger partial charge >= 0.3 is 6.09 Å². The number of nitrogens with zero attached hydrogens (tertiary/aromatic N) is 4. The Balaban J connectivity index is 0.000000224. The topological polar surface area (TPSA) is 101 Å². The van der Waals surface area contributed by atoms with E-state index in [4.69, 9.17) is 5.11 Å². The van der Waals surface area contributed by atoms with Gasteiger partial charge in [0, 0.05) is 33.4 Å². The maximum absolute atomic E-state index is 10.1. The van der Waals surface area contributed by atoms with Gasteiger partial charge in [0.1, 0.15) is 5.69 Å². The summed E-state index contributed by atoms with van der Waals surface area (Å²) in [5.74, 6) is 0.0931. The quantitative estimate of drug-likeness (QED) is 0.580. The van der Waals surface area contributed by atoms with Gasteiger partial charge < -0.3 is 15.1 Å². The predicted octanol–water partition coefficient (Wildman–Crippen LogP) is 1.66. The van der Waals surface area contributed by atoms with Crippen molar-refractivity contribution in [1.82, 2.24) is 20.3 Å². The van der Waals surface area contributed by atoms with Crippen LogP contribution in [0.15, 0.2) is 23.5 Å². The molecule has 0 aromatic carbocycles. The number of carboxylic acid groups (broad SMARTS) is 1. The summed E-state index contributed by atoms with van der Waals surface area (Å²) in [6.45, 7) is 1.71. The number of amides is 1. The molecule has 2 rings (SSSR count). The molecule has 0 atom stereocenters. The zero-order valence-electron chi connectivity index (χ0n) is 12.9. The minimum Gasteiger partial charge on any atom is -0.504 e. The van der Waals surface area contributed by atoms with Crippen molar-refractivity contribution in [2.75, 3.05) is 27.2 Å². The van der Waals surface area contributed by atoms with Crippen molar-refractivity contribution in [2.45, 2.75) is 19.3 Å². The molecule has 8 heteroatoms. The largest absolute Gasteiger partial charge is 0.504 e. The lowest BCUT2D eigenvalue weighted by Gasteiger charge is -2.24. The average Bonchev–Trinajstić information content (AvgIpc) is 2.47.